The molecule has 4 rings (SSSR count). The van der Waals surface area contributed by atoms with Crippen LogP contribution in [0, 0.1) is 17.1 Å². The molecule has 0 saturated carbocycles. The van der Waals surface area contributed by atoms with Gasteiger partial charge in [-0.15, -0.1) is 11.3 Å². The van der Waals surface area contributed by atoms with Gasteiger partial charge in [-0.25, -0.2) is 4.39 Å². The van der Waals surface area contributed by atoms with Crippen molar-refractivity contribution in [1.29, 1.82) is 5.41 Å². The lowest BCUT2D eigenvalue weighted by molar-refractivity contribution is -0.138. The van der Waals surface area contributed by atoms with Gasteiger partial charge in [0.2, 0.25) is 18.2 Å². The summed E-state index contributed by atoms with van der Waals surface area (Å²) in [5, 5.41) is 12.4. The van der Waals surface area contributed by atoms with Crippen molar-refractivity contribution in [1.82, 2.24) is 10.2 Å². The van der Waals surface area contributed by atoms with Crippen LogP contribution < -0.4 is 21.5 Å². The largest absolute Gasteiger partial charge is 0.457 e. The summed E-state index contributed by atoms with van der Waals surface area (Å²) in [7, 11) is 0. The summed E-state index contributed by atoms with van der Waals surface area (Å²) in [4.78, 5) is 37.7. The van der Waals surface area contributed by atoms with E-state index in [0.29, 0.717) is 30.0 Å². The molecule has 3 amide bonds. The summed E-state index contributed by atoms with van der Waals surface area (Å²) in [6, 6.07) is 14.0. The number of thiophene rings is 1. The van der Waals surface area contributed by atoms with Gasteiger partial charge in [0, 0.05) is 22.4 Å². The first kappa shape index (κ1) is 34.0. The van der Waals surface area contributed by atoms with E-state index in [2.05, 4.69) is 18.0 Å². The number of likely N-dealkylation sites (tertiary alicyclic amines) is 1. The summed E-state index contributed by atoms with van der Waals surface area (Å²) >= 11 is 1.44. The van der Waals surface area contributed by atoms with E-state index < -0.39 is 6.04 Å². The maximum Gasteiger partial charge on any atom is 0.243 e. The SMILES string of the molecule is CC.CC[C@@H]1CC(C(=O)N[C@H](C)c2cc(C(=N)N)cs2)N(C(=O)Cc2ccc(Oc3ccc(F)cc3)cc2)C1.NC=O. The first-order valence-electron chi connectivity index (χ1n) is 13.9. The molecule has 2 heterocycles. The standard InChI is InChI=1S/C28H31FN4O3S.C2H6.CH3NO/c1-3-18-12-24(28(35)32-17(2)25-14-20(16-37-25)27(30)31)33(15-18)26(34)13-19-4-8-22(9-5-19)36-23-10-6-21(29)7-11-23;1-2;2-1-3/h4-11,14,16-18,24H,3,12-13,15H2,1-2H3,(H3,30,31)(H,32,35);1-2H3;1H,(H2,2,3)/t17-,18-,24?;;/m1../s1. The van der Waals surface area contributed by atoms with Crippen LogP contribution in [0.15, 0.2) is 60.0 Å². The zero-order valence-electron chi connectivity index (χ0n) is 24.4. The number of nitrogens with zero attached hydrogens (tertiary/aromatic N) is 1. The third-order valence-corrected chi connectivity index (χ3v) is 7.75. The molecule has 1 unspecified atom stereocenters. The number of amidine groups is 1. The van der Waals surface area contributed by atoms with Gasteiger partial charge in [-0.3, -0.25) is 19.8 Å². The number of benzene rings is 2. The minimum Gasteiger partial charge on any atom is -0.457 e. The number of ether oxygens (including phenoxy) is 1. The maximum atomic E-state index is 13.3. The predicted molar refractivity (Wildman–Crippen MR) is 164 cm³/mol. The zero-order chi connectivity index (χ0) is 31.2. The molecule has 1 aliphatic heterocycles. The van der Waals surface area contributed by atoms with Crippen LogP contribution in [0.2, 0.25) is 0 Å². The molecule has 11 heteroatoms. The summed E-state index contributed by atoms with van der Waals surface area (Å²) < 4.78 is 18.8. The summed E-state index contributed by atoms with van der Waals surface area (Å²) in [5.74, 6) is 0.785. The number of amides is 3. The highest BCUT2D eigenvalue weighted by Gasteiger charge is 2.39. The fourth-order valence-corrected chi connectivity index (χ4v) is 5.35. The first-order chi connectivity index (χ1) is 20.1. The Labute approximate surface area is 250 Å². The third kappa shape index (κ3) is 9.69. The first-order valence-corrected chi connectivity index (χ1v) is 14.7. The van der Waals surface area contributed by atoms with E-state index in [9.17, 15) is 14.0 Å². The molecule has 1 fully saturated rings. The van der Waals surface area contributed by atoms with Crippen LogP contribution in [-0.4, -0.2) is 41.5 Å². The summed E-state index contributed by atoms with van der Waals surface area (Å²) in [6.45, 7) is 8.52. The van der Waals surface area contributed by atoms with Gasteiger partial charge in [-0.2, -0.15) is 0 Å². The molecule has 42 heavy (non-hydrogen) atoms. The van der Waals surface area contributed by atoms with Crippen LogP contribution in [0.25, 0.3) is 0 Å². The van der Waals surface area contributed by atoms with E-state index in [1.165, 1.54) is 23.5 Å². The number of halogens is 1. The van der Waals surface area contributed by atoms with E-state index in [1.54, 1.807) is 34.5 Å². The van der Waals surface area contributed by atoms with Crippen molar-refractivity contribution in [2.75, 3.05) is 6.54 Å². The molecule has 0 aliphatic carbocycles. The number of primary amides is 1. The van der Waals surface area contributed by atoms with Gasteiger partial charge in [0.05, 0.1) is 12.5 Å². The highest BCUT2D eigenvalue weighted by atomic mass is 32.1. The fourth-order valence-electron chi connectivity index (χ4n) is 4.43. The fraction of sp³-hybridized carbons (Fsp3) is 0.355. The molecule has 0 spiro atoms. The van der Waals surface area contributed by atoms with Gasteiger partial charge in [-0.1, -0.05) is 39.3 Å². The van der Waals surface area contributed by atoms with Crippen molar-refractivity contribution in [3.63, 3.8) is 0 Å². The minimum atomic E-state index is -0.520. The Morgan fingerprint density at radius 1 is 1.17 bits per heavy atom. The van der Waals surface area contributed by atoms with Gasteiger partial charge in [0.25, 0.3) is 0 Å². The van der Waals surface area contributed by atoms with E-state index in [1.807, 2.05) is 39.0 Å². The highest BCUT2D eigenvalue weighted by molar-refractivity contribution is 7.10. The second-order valence-corrected chi connectivity index (χ2v) is 10.4. The van der Waals surface area contributed by atoms with Crippen LogP contribution in [0.1, 0.15) is 62.6 Å². The van der Waals surface area contributed by atoms with E-state index in [-0.39, 0.29) is 48.3 Å². The molecular weight excluding hydrogens is 557 g/mol. The lowest BCUT2D eigenvalue weighted by Crippen LogP contribution is -2.46. The molecule has 2 aromatic carbocycles. The second kappa shape index (κ2) is 16.9. The van der Waals surface area contributed by atoms with Crippen molar-refractivity contribution in [2.45, 2.75) is 59.0 Å². The van der Waals surface area contributed by atoms with E-state index >= 15 is 0 Å². The molecule has 9 nitrogen and oxygen atoms in total. The molecule has 1 saturated heterocycles. The lowest BCUT2D eigenvalue weighted by atomic mass is 10.0. The van der Waals surface area contributed by atoms with Crippen LogP contribution in [0.4, 0.5) is 4.39 Å². The Hall–Kier alpha value is -4.25. The predicted octanol–water partition coefficient (Wildman–Crippen LogP) is 5.14. The molecular formula is C31H40FN5O4S. The average Bonchev–Trinajstić information content (AvgIpc) is 3.65. The van der Waals surface area contributed by atoms with Crippen molar-refractivity contribution < 1.29 is 23.5 Å². The summed E-state index contributed by atoms with van der Waals surface area (Å²) in [5.41, 5.74) is 11.2. The van der Waals surface area contributed by atoms with E-state index in [4.69, 9.17) is 20.7 Å². The number of rotatable bonds is 9. The molecule has 3 aromatic rings. The number of carbonyl (C=O) groups is 3. The van der Waals surface area contributed by atoms with Gasteiger partial charge in [0.1, 0.15) is 29.2 Å². The Balaban J connectivity index is 0.00000116. The topological polar surface area (TPSA) is 152 Å². The van der Waals surface area contributed by atoms with Gasteiger partial charge in [-0.05, 0) is 67.3 Å². The second-order valence-electron chi connectivity index (χ2n) is 9.47. The van der Waals surface area contributed by atoms with Crippen molar-refractivity contribution in [3.05, 3.63) is 81.8 Å². The molecule has 6 N–H and O–H groups in total. The quantitative estimate of drug-likeness (QED) is 0.153. The minimum absolute atomic E-state index is 0.00516. The van der Waals surface area contributed by atoms with E-state index in [0.717, 1.165) is 16.9 Å². The Kier molecular flexibility index (Phi) is 13.6. The lowest BCUT2D eigenvalue weighted by Gasteiger charge is -2.25. The molecule has 0 radical (unpaired) electrons. The smallest absolute Gasteiger partial charge is 0.243 e. The number of hydrogen-bond acceptors (Lipinski definition) is 6. The number of hydrogen-bond donors (Lipinski definition) is 4. The normalized spacial score (nSPS) is 16.2. The highest BCUT2D eigenvalue weighted by Crippen LogP contribution is 2.29. The summed E-state index contributed by atoms with van der Waals surface area (Å²) in [6.07, 6.45) is 1.96. The maximum absolute atomic E-state index is 13.3. The Bertz CT molecular complexity index is 1310. The van der Waals surface area contributed by atoms with Crippen molar-refractivity contribution >= 4 is 35.4 Å². The molecule has 226 valence electrons. The van der Waals surface area contributed by atoms with Crippen LogP contribution in [0.5, 0.6) is 11.5 Å². The van der Waals surface area contributed by atoms with Gasteiger partial charge >= 0.3 is 0 Å². The number of carbonyl (C=O) groups excluding carboxylic acids is 3. The van der Waals surface area contributed by atoms with Gasteiger partial charge in [0.15, 0.2) is 0 Å². The van der Waals surface area contributed by atoms with Gasteiger partial charge < -0.3 is 26.4 Å². The van der Waals surface area contributed by atoms with Crippen LogP contribution >= 0.6 is 11.3 Å². The monoisotopic (exact) mass is 597 g/mol. The average molecular weight is 598 g/mol. The third-order valence-electron chi connectivity index (χ3n) is 6.63. The molecule has 1 aliphatic rings. The zero-order valence-corrected chi connectivity index (χ0v) is 25.2. The molecule has 1 aromatic heterocycles. The van der Waals surface area contributed by atoms with Crippen molar-refractivity contribution in [3.8, 4) is 11.5 Å². The Morgan fingerprint density at radius 3 is 2.26 bits per heavy atom. The number of nitrogens with one attached hydrogen (secondary N) is 2. The van der Waals surface area contributed by atoms with Crippen molar-refractivity contribution in [2.24, 2.45) is 17.4 Å². The molecule has 3 atom stereocenters. The molecule has 0 bridgehead atoms. The number of nitrogen functional groups attached to an aromatic ring is 1. The number of nitrogens with two attached hydrogens (primary N) is 2. The van der Waals surface area contributed by atoms with Crippen LogP contribution in [-0.2, 0) is 20.8 Å². The Morgan fingerprint density at radius 2 is 1.74 bits per heavy atom. The van der Waals surface area contributed by atoms with Crippen LogP contribution in [0.3, 0.4) is 0 Å².